The van der Waals surface area contributed by atoms with E-state index in [1.807, 2.05) is 6.07 Å². The standard InChI is InChI=1S/C30H36FNO2/c31-14-3-15-32-19-23(20-32)16-22-8-10-24(11-9-22)29-26(17-21-4-1-5-21)7-2-6-25-18-27(30(33)34)12-13-28(25)29/h8-13,18,21,23H,1-7,14-17,19-20H2,(H,33,34). The van der Waals surface area contributed by atoms with Crippen molar-refractivity contribution in [2.24, 2.45) is 11.8 Å². The molecule has 1 heterocycles. The highest BCUT2D eigenvalue weighted by molar-refractivity contribution is 5.90. The van der Waals surface area contributed by atoms with Gasteiger partial charge >= 0.3 is 5.97 Å². The van der Waals surface area contributed by atoms with Crippen LogP contribution >= 0.6 is 0 Å². The van der Waals surface area contributed by atoms with Crippen LogP contribution in [0.1, 0.15) is 77.6 Å². The van der Waals surface area contributed by atoms with Crippen LogP contribution in [0.25, 0.3) is 5.57 Å². The lowest BCUT2D eigenvalue weighted by atomic mass is 9.78. The second-order valence-electron chi connectivity index (χ2n) is 10.6. The molecule has 180 valence electrons. The summed E-state index contributed by atoms with van der Waals surface area (Å²) in [5.41, 5.74) is 8.33. The molecule has 1 saturated carbocycles. The molecule has 3 nitrogen and oxygen atoms in total. The summed E-state index contributed by atoms with van der Waals surface area (Å²) < 4.78 is 12.4. The first kappa shape index (κ1) is 23.3. The molecule has 1 aliphatic heterocycles. The van der Waals surface area contributed by atoms with Gasteiger partial charge in [0.05, 0.1) is 12.2 Å². The third-order valence-electron chi connectivity index (χ3n) is 8.07. The lowest BCUT2D eigenvalue weighted by molar-refractivity contribution is 0.0696. The van der Waals surface area contributed by atoms with Crippen molar-refractivity contribution in [2.75, 3.05) is 26.3 Å². The number of alkyl halides is 1. The monoisotopic (exact) mass is 461 g/mol. The molecule has 0 unspecified atom stereocenters. The molecule has 4 heteroatoms. The largest absolute Gasteiger partial charge is 0.478 e. The van der Waals surface area contributed by atoms with Crippen LogP contribution in [-0.2, 0) is 12.8 Å². The number of hydrogen-bond acceptors (Lipinski definition) is 2. The molecule has 0 amide bonds. The molecule has 0 bridgehead atoms. The van der Waals surface area contributed by atoms with Gasteiger partial charge in [-0.25, -0.2) is 4.79 Å². The number of carboxylic acids is 1. The highest BCUT2D eigenvalue weighted by Gasteiger charge is 2.27. The predicted octanol–water partition coefficient (Wildman–Crippen LogP) is 6.55. The van der Waals surface area contributed by atoms with Gasteiger partial charge in [-0.3, -0.25) is 4.39 Å². The van der Waals surface area contributed by atoms with Crippen molar-refractivity contribution in [1.82, 2.24) is 4.90 Å². The average Bonchev–Trinajstić information content (AvgIpc) is 2.96. The van der Waals surface area contributed by atoms with Crippen LogP contribution in [0.2, 0.25) is 0 Å². The van der Waals surface area contributed by atoms with Crippen molar-refractivity contribution >= 4 is 11.5 Å². The molecule has 34 heavy (non-hydrogen) atoms. The fraction of sp³-hybridized carbons (Fsp3) is 0.500. The number of halogens is 1. The zero-order chi connectivity index (χ0) is 23.5. The number of likely N-dealkylation sites (tertiary alicyclic amines) is 1. The number of carboxylic acid groups (broad SMARTS) is 1. The minimum Gasteiger partial charge on any atom is -0.478 e. The van der Waals surface area contributed by atoms with Gasteiger partial charge in [0.15, 0.2) is 0 Å². The molecule has 2 fully saturated rings. The Bertz CT molecular complexity index is 1050. The van der Waals surface area contributed by atoms with Crippen LogP contribution in [0, 0.1) is 11.8 Å². The maximum absolute atomic E-state index is 12.4. The minimum atomic E-state index is -0.851. The fourth-order valence-corrected chi connectivity index (χ4v) is 6.01. The zero-order valence-electron chi connectivity index (χ0n) is 20.1. The first-order chi connectivity index (χ1) is 16.6. The summed E-state index contributed by atoms with van der Waals surface area (Å²) >= 11 is 0. The number of carbonyl (C=O) groups is 1. The third kappa shape index (κ3) is 5.12. The zero-order valence-corrected chi connectivity index (χ0v) is 20.1. The quantitative estimate of drug-likeness (QED) is 0.460. The molecule has 0 atom stereocenters. The number of hydrogen-bond donors (Lipinski definition) is 1. The van der Waals surface area contributed by atoms with Crippen LogP contribution < -0.4 is 0 Å². The molecule has 2 aromatic carbocycles. The van der Waals surface area contributed by atoms with Crippen LogP contribution in [0.3, 0.4) is 0 Å². The van der Waals surface area contributed by atoms with E-state index < -0.39 is 5.97 Å². The van der Waals surface area contributed by atoms with E-state index >= 15 is 0 Å². The van der Waals surface area contributed by atoms with Crippen molar-refractivity contribution in [1.29, 1.82) is 0 Å². The topological polar surface area (TPSA) is 40.5 Å². The summed E-state index contributed by atoms with van der Waals surface area (Å²) in [5, 5.41) is 9.50. The maximum Gasteiger partial charge on any atom is 0.335 e. The summed E-state index contributed by atoms with van der Waals surface area (Å²) in [7, 11) is 0. The molecule has 0 aromatic heterocycles. The molecule has 1 N–H and O–H groups in total. The van der Waals surface area contributed by atoms with Gasteiger partial charge < -0.3 is 10.0 Å². The van der Waals surface area contributed by atoms with E-state index in [1.165, 1.54) is 53.5 Å². The first-order valence-corrected chi connectivity index (χ1v) is 13.1. The predicted molar refractivity (Wildman–Crippen MR) is 135 cm³/mol. The Hall–Kier alpha value is -2.46. The Morgan fingerprint density at radius 3 is 2.44 bits per heavy atom. The average molecular weight is 462 g/mol. The van der Waals surface area contributed by atoms with Crippen molar-refractivity contribution < 1.29 is 14.3 Å². The number of rotatable bonds is 9. The second kappa shape index (κ2) is 10.4. The van der Waals surface area contributed by atoms with E-state index in [0.29, 0.717) is 17.9 Å². The molecule has 0 spiro atoms. The van der Waals surface area contributed by atoms with Crippen molar-refractivity contribution in [3.05, 3.63) is 75.9 Å². The van der Waals surface area contributed by atoms with E-state index in [2.05, 4.69) is 35.2 Å². The van der Waals surface area contributed by atoms with Crippen LogP contribution in [0.4, 0.5) is 4.39 Å². The normalized spacial score (nSPS) is 19.3. The number of fused-ring (bicyclic) bond motifs is 1. The molecular formula is C30H36FNO2. The van der Waals surface area contributed by atoms with E-state index in [1.54, 1.807) is 11.6 Å². The van der Waals surface area contributed by atoms with Crippen molar-refractivity contribution in [2.45, 2.75) is 57.8 Å². The van der Waals surface area contributed by atoms with Crippen molar-refractivity contribution in [3.63, 3.8) is 0 Å². The van der Waals surface area contributed by atoms with Crippen LogP contribution in [0.5, 0.6) is 0 Å². The lowest BCUT2D eigenvalue weighted by Crippen LogP contribution is -2.47. The summed E-state index contributed by atoms with van der Waals surface area (Å²) in [6.45, 7) is 2.82. The number of allylic oxidation sites excluding steroid dienone is 1. The Balaban J connectivity index is 1.39. The van der Waals surface area contributed by atoms with E-state index in [-0.39, 0.29) is 6.67 Å². The maximum atomic E-state index is 12.4. The first-order valence-electron chi connectivity index (χ1n) is 13.1. The highest BCUT2D eigenvalue weighted by Crippen LogP contribution is 2.41. The fourth-order valence-electron chi connectivity index (χ4n) is 6.01. The van der Waals surface area contributed by atoms with Gasteiger partial charge in [0.2, 0.25) is 0 Å². The molecule has 1 saturated heterocycles. The molecular weight excluding hydrogens is 425 g/mol. The molecule has 0 radical (unpaired) electrons. The van der Waals surface area contributed by atoms with Gasteiger partial charge in [-0.05, 0) is 90.3 Å². The van der Waals surface area contributed by atoms with E-state index in [4.69, 9.17) is 0 Å². The molecule has 5 rings (SSSR count). The lowest BCUT2D eigenvalue weighted by Gasteiger charge is -2.39. The summed E-state index contributed by atoms with van der Waals surface area (Å²) in [6.07, 6.45) is 10.1. The summed E-state index contributed by atoms with van der Waals surface area (Å²) in [5.74, 6) is 0.630. The van der Waals surface area contributed by atoms with Gasteiger partial charge in [0, 0.05) is 19.6 Å². The number of benzene rings is 2. The number of aryl methyl sites for hydroxylation is 1. The number of aromatic carboxylic acids is 1. The SMILES string of the molecule is O=C(O)c1ccc2c(c1)CCCC(CC1CCC1)=C2c1ccc(CC2CN(CCCF)C2)cc1. The van der Waals surface area contributed by atoms with Crippen LogP contribution in [0.15, 0.2) is 48.0 Å². The van der Waals surface area contributed by atoms with Crippen LogP contribution in [-0.4, -0.2) is 42.3 Å². The Kier molecular flexibility index (Phi) is 7.15. The smallest absolute Gasteiger partial charge is 0.335 e. The number of nitrogens with zero attached hydrogens (tertiary/aromatic N) is 1. The van der Waals surface area contributed by atoms with E-state index in [0.717, 1.165) is 51.2 Å². The third-order valence-corrected chi connectivity index (χ3v) is 8.07. The Morgan fingerprint density at radius 2 is 1.76 bits per heavy atom. The molecule has 2 aromatic rings. The van der Waals surface area contributed by atoms with Gasteiger partial charge in [-0.15, -0.1) is 0 Å². The Labute approximate surface area is 202 Å². The second-order valence-corrected chi connectivity index (χ2v) is 10.6. The van der Waals surface area contributed by atoms with Gasteiger partial charge in [-0.1, -0.05) is 55.2 Å². The van der Waals surface area contributed by atoms with Crippen molar-refractivity contribution in [3.8, 4) is 0 Å². The minimum absolute atomic E-state index is 0.220. The van der Waals surface area contributed by atoms with Gasteiger partial charge in [-0.2, -0.15) is 0 Å². The summed E-state index contributed by atoms with van der Waals surface area (Å²) in [6, 6.07) is 14.8. The van der Waals surface area contributed by atoms with Gasteiger partial charge in [0.25, 0.3) is 0 Å². The van der Waals surface area contributed by atoms with E-state index in [9.17, 15) is 14.3 Å². The Morgan fingerprint density at radius 1 is 0.971 bits per heavy atom. The highest BCUT2D eigenvalue weighted by atomic mass is 19.1. The molecule has 2 aliphatic carbocycles. The molecule has 3 aliphatic rings. The van der Waals surface area contributed by atoms with Gasteiger partial charge in [0.1, 0.15) is 0 Å². The summed E-state index contributed by atoms with van der Waals surface area (Å²) in [4.78, 5) is 13.9.